The molecule has 10 heteroatoms. The van der Waals surface area contributed by atoms with E-state index in [2.05, 4.69) is 0 Å². The monoisotopic (exact) mass is 538 g/mol. The van der Waals surface area contributed by atoms with Crippen LogP contribution in [-0.2, 0) is 21.8 Å². The second-order valence-electron chi connectivity index (χ2n) is 10.9. The minimum absolute atomic E-state index is 0.0379. The molecule has 0 spiro atoms. The molecule has 38 heavy (non-hydrogen) atoms. The van der Waals surface area contributed by atoms with Gasteiger partial charge >= 0.3 is 24.3 Å². The third-order valence-corrected chi connectivity index (χ3v) is 9.13. The third-order valence-electron chi connectivity index (χ3n) is 9.13. The van der Waals surface area contributed by atoms with Crippen molar-refractivity contribution in [1.29, 1.82) is 0 Å². The summed E-state index contributed by atoms with van der Waals surface area (Å²) >= 11 is 0. The van der Waals surface area contributed by atoms with Crippen LogP contribution in [0.15, 0.2) is 48.5 Å². The fourth-order valence-electron chi connectivity index (χ4n) is 7.76. The van der Waals surface area contributed by atoms with Gasteiger partial charge in [-0.15, -0.1) is 0 Å². The maximum atomic E-state index is 13.0. The van der Waals surface area contributed by atoms with Crippen molar-refractivity contribution in [2.45, 2.75) is 50.2 Å². The predicted molar refractivity (Wildman–Crippen MR) is 121 cm³/mol. The lowest BCUT2D eigenvalue weighted by Crippen LogP contribution is -2.48. The van der Waals surface area contributed by atoms with Crippen LogP contribution in [0.25, 0.3) is 0 Å². The molecule has 0 saturated heterocycles. The van der Waals surface area contributed by atoms with Crippen LogP contribution in [0, 0.1) is 35.5 Å². The second-order valence-corrected chi connectivity index (χ2v) is 10.9. The molecule has 6 rings (SSSR count). The minimum atomic E-state index is -4.54. The Morgan fingerprint density at radius 1 is 0.605 bits per heavy atom. The third kappa shape index (κ3) is 4.16. The molecular weight excluding hydrogens is 514 g/mol. The van der Waals surface area contributed by atoms with E-state index in [0.29, 0.717) is 30.1 Å². The number of carbonyl (C=O) groups excluding carboxylic acids is 2. The number of ether oxygens (including phenoxy) is 2. The van der Waals surface area contributed by atoms with Crippen molar-refractivity contribution in [2.24, 2.45) is 35.5 Å². The Morgan fingerprint density at radius 3 is 1.32 bits per heavy atom. The summed E-state index contributed by atoms with van der Waals surface area (Å²) in [6, 6.07) is 7.47. The fraction of sp³-hybridized carbons (Fsp3) is 0.500. The van der Waals surface area contributed by atoms with Crippen molar-refractivity contribution in [3.63, 3.8) is 0 Å². The van der Waals surface area contributed by atoms with Crippen molar-refractivity contribution in [1.82, 2.24) is 0 Å². The molecule has 0 N–H and O–H groups in total. The molecule has 0 aliphatic heterocycles. The molecule has 8 atom stereocenters. The number of benzene rings is 2. The Labute approximate surface area is 214 Å². The number of alkyl halides is 6. The van der Waals surface area contributed by atoms with E-state index in [1.54, 1.807) is 0 Å². The van der Waals surface area contributed by atoms with Gasteiger partial charge in [-0.2, -0.15) is 26.3 Å². The van der Waals surface area contributed by atoms with E-state index in [1.165, 1.54) is 0 Å². The zero-order valence-corrected chi connectivity index (χ0v) is 20.0. The summed E-state index contributed by atoms with van der Waals surface area (Å²) in [5.74, 6) is 0.0272. The quantitative estimate of drug-likeness (QED) is 0.245. The number of carbonyl (C=O) groups is 2. The summed E-state index contributed by atoms with van der Waals surface area (Å²) < 4.78 is 89.2. The molecule has 0 radical (unpaired) electrons. The lowest BCUT2D eigenvalue weighted by molar-refractivity contribution is -0.138. The van der Waals surface area contributed by atoms with Gasteiger partial charge in [-0.1, -0.05) is 0 Å². The molecule has 2 aromatic carbocycles. The van der Waals surface area contributed by atoms with Crippen LogP contribution in [0.2, 0.25) is 0 Å². The Kier molecular flexibility index (Phi) is 5.81. The molecule has 4 saturated carbocycles. The Hall–Kier alpha value is -3.04. The molecule has 4 bridgehead atoms. The average Bonchev–Trinajstić information content (AvgIpc) is 3.64. The zero-order chi connectivity index (χ0) is 27.0. The first-order chi connectivity index (χ1) is 17.9. The first kappa shape index (κ1) is 25.2. The normalized spacial score (nSPS) is 33.3. The van der Waals surface area contributed by atoms with Gasteiger partial charge in [0.1, 0.15) is 12.2 Å². The summed E-state index contributed by atoms with van der Waals surface area (Å²) in [4.78, 5) is 25.9. The maximum Gasteiger partial charge on any atom is 0.416 e. The van der Waals surface area contributed by atoms with Crippen LogP contribution in [0.1, 0.15) is 57.5 Å². The van der Waals surface area contributed by atoms with Crippen LogP contribution < -0.4 is 0 Å². The van der Waals surface area contributed by atoms with E-state index in [0.717, 1.165) is 67.8 Å². The van der Waals surface area contributed by atoms with E-state index in [-0.39, 0.29) is 23.0 Å². The van der Waals surface area contributed by atoms with Crippen molar-refractivity contribution < 1.29 is 45.4 Å². The molecule has 0 amide bonds. The molecule has 0 aromatic heterocycles. The molecule has 8 unspecified atom stereocenters. The summed E-state index contributed by atoms with van der Waals surface area (Å²) in [6.45, 7) is 0. The van der Waals surface area contributed by atoms with Gasteiger partial charge in [-0.05, 0) is 97.9 Å². The topological polar surface area (TPSA) is 52.6 Å². The van der Waals surface area contributed by atoms with Crippen LogP contribution >= 0.6 is 0 Å². The summed E-state index contributed by atoms with van der Waals surface area (Å²) in [7, 11) is 0. The van der Waals surface area contributed by atoms with Crippen molar-refractivity contribution in [3.8, 4) is 0 Å². The van der Waals surface area contributed by atoms with Gasteiger partial charge in [-0.25, -0.2) is 9.59 Å². The zero-order valence-electron chi connectivity index (χ0n) is 20.0. The van der Waals surface area contributed by atoms with Crippen LogP contribution in [0.5, 0.6) is 0 Å². The van der Waals surface area contributed by atoms with Gasteiger partial charge in [0.15, 0.2) is 0 Å². The minimum Gasteiger partial charge on any atom is -0.455 e. The number of hydrogen-bond acceptors (Lipinski definition) is 4. The van der Waals surface area contributed by atoms with Gasteiger partial charge in [0.25, 0.3) is 0 Å². The number of esters is 2. The lowest BCUT2D eigenvalue weighted by Gasteiger charge is -2.42. The van der Waals surface area contributed by atoms with Crippen LogP contribution in [0.3, 0.4) is 0 Å². The number of fused-ring (bicyclic) bond motifs is 9. The molecule has 202 valence electrons. The fourth-order valence-corrected chi connectivity index (χ4v) is 7.76. The first-order valence-electron chi connectivity index (χ1n) is 12.7. The summed E-state index contributed by atoms with van der Waals surface area (Å²) in [5, 5.41) is 0. The number of rotatable bonds is 4. The SMILES string of the molecule is O=C(OC1C2CC(C1OC(=O)c1ccc(C(F)(F)F)cc1)C1C3CCC(C3)C21)c1ccc(C(F)(F)F)cc1. The molecule has 0 heterocycles. The first-order valence-corrected chi connectivity index (χ1v) is 12.7. The van der Waals surface area contributed by atoms with E-state index in [4.69, 9.17) is 9.47 Å². The summed E-state index contributed by atoms with van der Waals surface area (Å²) in [5.41, 5.74) is -1.86. The Balaban J connectivity index is 1.23. The average molecular weight is 538 g/mol. The Morgan fingerprint density at radius 2 is 0.974 bits per heavy atom. The highest BCUT2D eigenvalue weighted by Crippen LogP contribution is 2.68. The number of hydrogen-bond donors (Lipinski definition) is 0. The largest absolute Gasteiger partial charge is 0.455 e. The maximum absolute atomic E-state index is 13.0. The van der Waals surface area contributed by atoms with Crippen molar-refractivity contribution in [2.75, 3.05) is 0 Å². The molecule has 4 aliphatic carbocycles. The van der Waals surface area contributed by atoms with E-state index in [1.807, 2.05) is 0 Å². The van der Waals surface area contributed by atoms with Gasteiger partial charge in [0, 0.05) is 11.8 Å². The smallest absolute Gasteiger partial charge is 0.416 e. The molecule has 4 aliphatic rings. The van der Waals surface area contributed by atoms with Gasteiger partial charge in [-0.3, -0.25) is 0 Å². The van der Waals surface area contributed by atoms with E-state index >= 15 is 0 Å². The highest BCUT2D eigenvalue weighted by Gasteiger charge is 2.68. The number of halogens is 6. The highest BCUT2D eigenvalue weighted by atomic mass is 19.4. The van der Waals surface area contributed by atoms with Crippen LogP contribution in [-0.4, -0.2) is 24.1 Å². The molecule has 4 nitrogen and oxygen atoms in total. The van der Waals surface area contributed by atoms with E-state index < -0.39 is 47.6 Å². The van der Waals surface area contributed by atoms with Gasteiger partial charge in [0.05, 0.1) is 22.3 Å². The molecule has 4 fully saturated rings. The standard InChI is InChI=1S/C28H24F6O4/c29-27(30,31)17-7-3-13(4-8-17)25(35)37-23-19-12-20(22-16-2-1-15(11-16)21(19)22)24(23)38-26(36)14-5-9-18(10-6-14)28(32,33)34/h3-10,15-16,19-24H,1-2,11-12H2. The molecule has 2 aromatic rings. The van der Waals surface area contributed by atoms with Crippen molar-refractivity contribution >= 4 is 11.9 Å². The molecular formula is C28H24F6O4. The van der Waals surface area contributed by atoms with Gasteiger partial charge < -0.3 is 9.47 Å². The van der Waals surface area contributed by atoms with Gasteiger partial charge in [0.2, 0.25) is 0 Å². The summed E-state index contributed by atoms with van der Waals surface area (Å²) in [6.07, 6.45) is -6.62. The van der Waals surface area contributed by atoms with Crippen LogP contribution in [0.4, 0.5) is 26.3 Å². The predicted octanol–water partition coefficient (Wildman–Crippen LogP) is 6.79. The van der Waals surface area contributed by atoms with Crippen molar-refractivity contribution in [3.05, 3.63) is 70.8 Å². The lowest BCUT2D eigenvalue weighted by atomic mass is 9.69. The Bertz CT molecular complexity index is 1140. The second kappa shape index (κ2) is 8.74. The van der Waals surface area contributed by atoms with E-state index in [9.17, 15) is 35.9 Å². The highest BCUT2D eigenvalue weighted by molar-refractivity contribution is 5.90.